The normalized spacial score (nSPS) is 13.9. The Labute approximate surface area is 99.0 Å². The maximum atomic E-state index is 13.6. The zero-order chi connectivity index (χ0) is 13.3. The minimum absolute atomic E-state index is 0.225. The molecule has 0 saturated heterocycles. The first-order valence-electron chi connectivity index (χ1n) is 5.15. The lowest BCUT2D eigenvalue weighted by Gasteiger charge is -2.12. The molecular weight excluding hydrogens is 248 g/mol. The highest BCUT2D eigenvalue weighted by atomic mass is 28.3. The number of hydrogen-bond donors (Lipinski definition) is 0. The molecule has 0 fully saturated rings. The summed E-state index contributed by atoms with van der Waals surface area (Å²) in [6, 6.07) is 4.48. The van der Waals surface area contributed by atoms with Crippen LogP contribution in [-0.4, -0.2) is 8.07 Å². The van der Waals surface area contributed by atoms with Crippen molar-refractivity contribution >= 4 is 14.1 Å². The van der Waals surface area contributed by atoms with Gasteiger partial charge in [0.05, 0.1) is 11.0 Å². The first kappa shape index (κ1) is 14.0. The molecule has 5 heteroatoms. The summed E-state index contributed by atoms with van der Waals surface area (Å²) in [4.78, 5) is 0. The van der Waals surface area contributed by atoms with Crippen molar-refractivity contribution in [2.45, 2.75) is 25.8 Å². The van der Waals surface area contributed by atoms with Crippen molar-refractivity contribution in [3.63, 3.8) is 0 Å². The number of hydrogen-bond acceptors (Lipinski definition) is 0. The van der Waals surface area contributed by atoms with Crippen molar-refractivity contribution in [3.05, 3.63) is 40.8 Å². The van der Waals surface area contributed by atoms with Gasteiger partial charge in [-0.2, -0.15) is 13.2 Å². The van der Waals surface area contributed by atoms with Gasteiger partial charge in [0.25, 0.3) is 0 Å². The molecule has 0 aliphatic carbocycles. The Bertz CT molecular complexity index is 410. The van der Waals surface area contributed by atoms with Gasteiger partial charge in [0.1, 0.15) is 8.07 Å². The predicted octanol–water partition coefficient (Wildman–Crippen LogP) is 4.89. The van der Waals surface area contributed by atoms with Crippen LogP contribution >= 0.6 is 0 Å². The minimum atomic E-state index is -4.35. The van der Waals surface area contributed by atoms with E-state index >= 15 is 0 Å². The van der Waals surface area contributed by atoms with E-state index in [-0.39, 0.29) is 5.45 Å². The van der Waals surface area contributed by atoms with Gasteiger partial charge in [-0.25, -0.2) is 4.39 Å². The van der Waals surface area contributed by atoms with Crippen LogP contribution in [0.4, 0.5) is 17.6 Å². The Morgan fingerprint density at radius 2 is 1.53 bits per heavy atom. The molecule has 1 aromatic carbocycles. The molecule has 1 rings (SSSR count). The van der Waals surface area contributed by atoms with E-state index in [9.17, 15) is 17.6 Å². The van der Waals surface area contributed by atoms with Gasteiger partial charge in [-0.15, -0.1) is 0 Å². The van der Waals surface area contributed by atoms with Crippen LogP contribution in [0.15, 0.2) is 29.7 Å². The summed E-state index contributed by atoms with van der Waals surface area (Å²) in [6.07, 6.45) is -3.04. The predicted molar refractivity (Wildman–Crippen MR) is 63.9 cm³/mol. The van der Waals surface area contributed by atoms with Crippen LogP contribution in [0.1, 0.15) is 11.1 Å². The molecule has 0 aliphatic rings. The van der Waals surface area contributed by atoms with Gasteiger partial charge in [0, 0.05) is 0 Å². The van der Waals surface area contributed by atoms with Crippen molar-refractivity contribution in [2.24, 2.45) is 0 Å². The number of halogens is 4. The lowest BCUT2D eigenvalue weighted by atomic mass is 10.1. The lowest BCUT2D eigenvalue weighted by molar-refractivity contribution is -0.137. The third kappa shape index (κ3) is 4.00. The largest absolute Gasteiger partial charge is 0.416 e. The lowest BCUT2D eigenvalue weighted by Crippen LogP contribution is -2.20. The molecule has 17 heavy (non-hydrogen) atoms. The van der Waals surface area contributed by atoms with E-state index in [0.717, 1.165) is 12.1 Å². The third-order valence-corrected chi connectivity index (χ3v) is 3.83. The average molecular weight is 262 g/mol. The molecule has 0 aliphatic heterocycles. The molecule has 0 spiro atoms. The topological polar surface area (TPSA) is 0 Å². The van der Waals surface area contributed by atoms with Crippen LogP contribution < -0.4 is 0 Å². The van der Waals surface area contributed by atoms with Crippen LogP contribution in [0.5, 0.6) is 0 Å². The maximum Gasteiger partial charge on any atom is 0.416 e. The zero-order valence-electron chi connectivity index (χ0n) is 9.90. The molecule has 0 bridgehead atoms. The zero-order valence-corrected chi connectivity index (χ0v) is 10.9. The molecule has 0 radical (unpaired) electrons. The Balaban J connectivity index is 2.97. The highest BCUT2D eigenvalue weighted by Crippen LogP contribution is 2.29. The smallest absolute Gasteiger partial charge is 0.217 e. The SMILES string of the molecule is C[Si](C)(C)/C(F)=C/c1ccc(C(F)(F)F)cc1. The monoisotopic (exact) mass is 262 g/mol. The van der Waals surface area contributed by atoms with Crippen LogP contribution in [0.2, 0.25) is 19.6 Å². The molecule has 0 heterocycles. The number of rotatable bonds is 2. The van der Waals surface area contributed by atoms with Gasteiger partial charge in [-0.05, 0) is 23.8 Å². The summed E-state index contributed by atoms with van der Waals surface area (Å²) in [5, 5.41) is 0. The average Bonchev–Trinajstić information content (AvgIpc) is 2.15. The number of alkyl halides is 3. The summed E-state index contributed by atoms with van der Waals surface area (Å²) in [5.74, 6) is 0. The Hall–Kier alpha value is -1.10. The first-order chi connectivity index (χ1) is 7.60. The van der Waals surface area contributed by atoms with E-state index in [1.165, 1.54) is 18.2 Å². The fraction of sp³-hybridized carbons (Fsp3) is 0.333. The summed E-state index contributed by atoms with van der Waals surface area (Å²) < 4.78 is 50.5. The molecule has 0 nitrogen and oxygen atoms in total. The molecule has 0 unspecified atom stereocenters. The van der Waals surface area contributed by atoms with E-state index in [1.54, 1.807) is 0 Å². The Morgan fingerprint density at radius 3 is 1.88 bits per heavy atom. The van der Waals surface area contributed by atoms with Crippen LogP contribution in [0, 0.1) is 0 Å². The summed E-state index contributed by atoms with van der Waals surface area (Å²) >= 11 is 0. The van der Waals surface area contributed by atoms with Crippen LogP contribution in [0.25, 0.3) is 6.08 Å². The third-order valence-electron chi connectivity index (χ3n) is 2.25. The second kappa shape index (κ2) is 4.64. The highest BCUT2D eigenvalue weighted by molar-refractivity contribution is 6.83. The standard InChI is InChI=1S/C12H14F4Si/c1-17(2,3)11(13)8-9-4-6-10(7-5-9)12(14,15)16/h4-8H,1-3H3/b11-8+. The maximum absolute atomic E-state index is 13.6. The van der Waals surface area contributed by atoms with Crippen LogP contribution in [-0.2, 0) is 6.18 Å². The van der Waals surface area contributed by atoms with E-state index in [4.69, 9.17) is 0 Å². The molecule has 1 aromatic rings. The fourth-order valence-electron chi connectivity index (χ4n) is 1.13. The van der Waals surface area contributed by atoms with Crippen molar-refractivity contribution < 1.29 is 17.6 Å². The minimum Gasteiger partial charge on any atom is -0.217 e. The summed E-state index contributed by atoms with van der Waals surface area (Å²) in [7, 11) is -2.02. The van der Waals surface area contributed by atoms with E-state index in [1.807, 2.05) is 19.6 Å². The van der Waals surface area contributed by atoms with Gasteiger partial charge in [-0.3, -0.25) is 0 Å². The van der Waals surface area contributed by atoms with Gasteiger partial charge in [0.2, 0.25) is 0 Å². The molecule has 0 N–H and O–H groups in total. The Kier molecular flexibility index (Phi) is 3.81. The van der Waals surface area contributed by atoms with Crippen LogP contribution in [0.3, 0.4) is 0 Å². The van der Waals surface area contributed by atoms with Crippen molar-refractivity contribution in [3.8, 4) is 0 Å². The first-order valence-corrected chi connectivity index (χ1v) is 8.65. The molecular formula is C12H14F4Si. The van der Waals surface area contributed by atoms with Gasteiger partial charge < -0.3 is 0 Å². The van der Waals surface area contributed by atoms with Crippen molar-refractivity contribution in [2.75, 3.05) is 0 Å². The quantitative estimate of drug-likeness (QED) is 0.525. The number of benzene rings is 1. The summed E-state index contributed by atoms with van der Waals surface area (Å²) in [5.41, 5.74) is -0.488. The fourth-order valence-corrected chi connectivity index (χ4v) is 1.73. The van der Waals surface area contributed by atoms with Crippen molar-refractivity contribution in [1.82, 2.24) is 0 Å². The Morgan fingerprint density at radius 1 is 1.06 bits per heavy atom. The van der Waals surface area contributed by atoms with E-state index in [2.05, 4.69) is 0 Å². The van der Waals surface area contributed by atoms with Gasteiger partial charge >= 0.3 is 6.18 Å². The summed E-state index contributed by atoms with van der Waals surface area (Å²) in [6.45, 7) is 5.51. The molecule has 0 amide bonds. The van der Waals surface area contributed by atoms with Gasteiger partial charge in [-0.1, -0.05) is 31.8 Å². The second-order valence-electron chi connectivity index (χ2n) is 4.86. The van der Waals surface area contributed by atoms with Gasteiger partial charge in [0.15, 0.2) is 0 Å². The highest BCUT2D eigenvalue weighted by Gasteiger charge is 2.29. The molecule has 94 valence electrons. The van der Waals surface area contributed by atoms with E-state index < -0.39 is 19.8 Å². The molecule has 0 atom stereocenters. The molecule has 0 saturated carbocycles. The molecule has 0 aromatic heterocycles. The second-order valence-corrected chi connectivity index (χ2v) is 9.84. The van der Waals surface area contributed by atoms with Crippen molar-refractivity contribution in [1.29, 1.82) is 0 Å². The van der Waals surface area contributed by atoms with E-state index in [0.29, 0.717) is 5.56 Å².